The van der Waals surface area contributed by atoms with Crippen LogP contribution in [0.4, 0.5) is 0 Å². The van der Waals surface area contributed by atoms with Gasteiger partial charge in [-0.2, -0.15) is 0 Å². The van der Waals surface area contributed by atoms with Crippen molar-refractivity contribution in [3.63, 3.8) is 0 Å². The van der Waals surface area contributed by atoms with Gasteiger partial charge >= 0.3 is 0 Å². The lowest BCUT2D eigenvalue weighted by molar-refractivity contribution is 0.299. The number of methoxy groups -OCH3 is 1. The normalized spacial score (nSPS) is 10.8. The fourth-order valence-corrected chi connectivity index (χ4v) is 3.25. The Hall–Kier alpha value is -3.31. The van der Waals surface area contributed by atoms with E-state index in [4.69, 9.17) is 21.1 Å². The molecule has 0 fully saturated rings. The maximum atomic E-state index is 12.2. The molecule has 0 saturated heterocycles. The first kappa shape index (κ1) is 19.0. The van der Waals surface area contributed by atoms with Crippen molar-refractivity contribution in [2.75, 3.05) is 13.7 Å². The van der Waals surface area contributed by atoms with Gasteiger partial charge in [-0.1, -0.05) is 23.7 Å². The summed E-state index contributed by atoms with van der Waals surface area (Å²) in [4.78, 5) is 16.6. The minimum absolute atomic E-state index is 0.0735. The zero-order valence-electron chi connectivity index (χ0n) is 15.8. The van der Waals surface area contributed by atoms with E-state index in [9.17, 15) is 4.79 Å². The van der Waals surface area contributed by atoms with Crippen molar-refractivity contribution in [2.45, 2.75) is 6.54 Å². The number of nitrogens with zero attached hydrogens (tertiary/aromatic N) is 2. The molecule has 0 amide bonds. The van der Waals surface area contributed by atoms with Gasteiger partial charge in [0.25, 0.3) is 5.56 Å². The van der Waals surface area contributed by atoms with E-state index in [-0.39, 0.29) is 5.56 Å². The summed E-state index contributed by atoms with van der Waals surface area (Å²) in [5.74, 6) is 1.47. The molecule has 5 nitrogen and oxygen atoms in total. The largest absolute Gasteiger partial charge is 0.497 e. The molecular weight excluding hydrogens is 388 g/mol. The fraction of sp³-hybridized carbons (Fsp3) is 0.130. The van der Waals surface area contributed by atoms with Crippen LogP contribution >= 0.6 is 11.6 Å². The number of hydrogen-bond acceptors (Lipinski definition) is 4. The second kappa shape index (κ2) is 8.37. The van der Waals surface area contributed by atoms with Gasteiger partial charge in [-0.25, -0.2) is 0 Å². The van der Waals surface area contributed by atoms with Gasteiger partial charge in [0.1, 0.15) is 18.1 Å². The van der Waals surface area contributed by atoms with Gasteiger partial charge in [-0.3, -0.25) is 9.78 Å². The number of benzene rings is 2. The number of pyridine rings is 2. The van der Waals surface area contributed by atoms with Gasteiger partial charge in [-0.05, 0) is 47.5 Å². The molecular formula is C23H19ClN2O3. The van der Waals surface area contributed by atoms with Gasteiger partial charge in [0, 0.05) is 34.9 Å². The summed E-state index contributed by atoms with van der Waals surface area (Å²) >= 11 is 5.96. The first-order valence-corrected chi connectivity index (χ1v) is 9.54. The Bertz CT molecular complexity index is 1200. The summed E-state index contributed by atoms with van der Waals surface area (Å²) in [6.45, 7) is 0.787. The minimum atomic E-state index is -0.0735. The maximum Gasteiger partial charge on any atom is 0.250 e. The van der Waals surface area contributed by atoms with Crippen molar-refractivity contribution in [3.05, 3.63) is 88.4 Å². The van der Waals surface area contributed by atoms with E-state index in [1.54, 1.807) is 23.9 Å². The zero-order valence-corrected chi connectivity index (χ0v) is 16.6. The molecule has 2 aromatic heterocycles. The Morgan fingerprint density at radius 2 is 1.79 bits per heavy atom. The van der Waals surface area contributed by atoms with Crippen LogP contribution < -0.4 is 15.0 Å². The molecule has 0 aliphatic carbocycles. The molecule has 0 N–H and O–H groups in total. The van der Waals surface area contributed by atoms with Gasteiger partial charge in [0.05, 0.1) is 19.2 Å². The molecule has 4 aromatic rings. The van der Waals surface area contributed by atoms with Crippen LogP contribution in [0.2, 0.25) is 5.02 Å². The molecule has 146 valence electrons. The summed E-state index contributed by atoms with van der Waals surface area (Å²) in [7, 11) is 1.62. The van der Waals surface area contributed by atoms with Crippen LogP contribution in [0.25, 0.3) is 22.0 Å². The Balaban J connectivity index is 1.51. The van der Waals surface area contributed by atoms with E-state index in [0.717, 1.165) is 33.5 Å². The number of halogens is 1. The van der Waals surface area contributed by atoms with Crippen LogP contribution in [-0.2, 0) is 6.54 Å². The molecule has 0 aliphatic heterocycles. The van der Waals surface area contributed by atoms with Gasteiger partial charge in [0.2, 0.25) is 0 Å². The molecule has 29 heavy (non-hydrogen) atoms. The Kier molecular flexibility index (Phi) is 5.49. The molecule has 4 rings (SSSR count). The van der Waals surface area contributed by atoms with E-state index >= 15 is 0 Å². The van der Waals surface area contributed by atoms with Crippen molar-refractivity contribution in [2.24, 2.45) is 0 Å². The second-order valence-corrected chi connectivity index (χ2v) is 6.93. The number of aromatic nitrogens is 2. The smallest absolute Gasteiger partial charge is 0.250 e. The van der Waals surface area contributed by atoms with Gasteiger partial charge < -0.3 is 14.0 Å². The third-order valence-electron chi connectivity index (χ3n) is 4.66. The third-order valence-corrected chi connectivity index (χ3v) is 4.91. The zero-order chi connectivity index (χ0) is 20.2. The summed E-state index contributed by atoms with van der Waals surface area (Å²) < 4.78 is 12.8. The topological polar surface area (TPSA) is 53.4 Å². The highest BCUT2D eigenvalue weighted by atomic mass is 35.5. The molecule has 0 saturated carbocycles. The van der Waals surface area contributed by atoms with Gasteiger partial charge in [-0.15, -0.1) is 0 Å². The highest BCUT2D eigenvalue weighted by Gasteiger charge is 2.06. The van der Waals surface area contributed by atoms with Crippen molar-refractivity contribution in [1.82, 2.24) is 9.55 Å². The van der Waals surface area contributed by atoms with Crippen molar-refractivity contribution in [1.29, 1.82) is 0 Å². The van der Waals surface area contributed by atoms with E-state index < -0.39 is 0 Å². The first-order chi connectivity index (χ1) is 14.1. The summed E-state index contributed by atoms with van der Waals surface area (Å²) in [5.41, 5.74) is 2.67. The van der Waals surface area contributed by atoms with E-state index in [1.807, 2.05) is 60.8 Å². The Morgan fingerprint density at radius 1 is 1.00 bits per heavy atom. The molecule has 2 aromatic carbocycles. The lowest BCUT2D eigenvalue weighted by atomic mass is 10.1. The lowest BCUT2D eigenvalue weighted by Gasteiger charge is -2.12. The molecule has 2 heterocycles. The Labute approximate surface area is 173 Å². The summed E-state index contributed by atoms with van der Waals surface area (Å²) in [6.07, 6.45) is 3.54. The minimum Gasteiger partial charge on any atom is -0.497 e. The van der Waals surface area contributed by atoms with Crippen LogP contribution in [0, 0.1) is 0 Å². The average Bonchev–Trinajstić information content (AvgIpc) is 2.75. The highest BCUT2D eigenvalue weighted by molar-refractivity contribution is 6.30. The monoisotopic (exact) mass is 406 g/mol. The second-order valence-electron chi connectivity index (χ2n) is 6.50. The van der Waals surface area contributed by atoms with Crippen LogP contribution in [0.5, 0.6) is 11.5 Å². The third kappa shape index (κ3) is 4.25. The number of rotatable bonds is 6. The van der Waals surface area contributed by atoms with Crippen LogP contribution in [0.1, 0.15) is 0 Å². The van der Waals surface area contributed by atoms with Crippen molar-refractivity contribution < 1.29 is 9.47 Å². The molecule has 0 bridgehead atoms. The van der Waals surface area contributed by atoms with Crippen LogP contribution in [0.3, 0.4) is 0 Å². The predicted octanol–water partition coefficient (Wildman–Crippen LogP) is 4.80. The molecule has 0 unspecified atom stereocenters. The number of ether oxygens (including phenoxy) is 2. The quantitative estimate of drug-likeness (QED) is 0.461. The molecule has 6 heteroatoms. The number of fused-ring (bicyclic) bond motifs is 1. The average molecular weight is 407 g/mol. The molecule has 0 atom stereocenters. The van der Waals surface area contributed by atoms with Crippen molar-refractivity contribution in [3.8, 4) is 22.6 Å². The fourth-order valence-electron chi connectivity index (χ4n) is 3.13. The van der Waals surface area contributed by atoms with Crippen LogP contribution in [0.15, 0.2) is 77.9 Å². The first-order valence-electron chi connectivity index (χ1n) is 9.16. The molecule has 0 aliphatic rings. The SMILES string of the molecule is COc1ccc2c(OCCn3cc(-c4ccc(Cl)cc4)ccc3=O)ccnc2c1. The standard InChI is InChI=1S/C23H19ClN2O3/c1-28-19-7-8-20-21(14-19)25-11-10-22(20)29-13-12-26-15-17(4-9-23(26)27)16-2-5-18(24)6-3-16/h2-11,14-15H,12-13H2,1H3. The summed E-state index contributed by atoms with van der Waals surface area (Å²) in [6, 6.07) is 18.4. The van der Waals surface area contributed by atoms with Gasteiger partial charge in [0.15, 0.2) is 0 Å². The Morgan fingerprint density at radius 3 is 2.59 bits per heavy atom. The molecule has 0 spiro atoms. The van der Waals surface area contributed by atoms with E-state index in [0.29, 0.717) is 18.2 Å². The number of hydrogen-bond donors (Lipinski definition) is 0. The maximum absolute atomic E-state index is 12.2. The van der Waals surface area contributed by atoms with Crippen LogP contribution in [-0.4, -0.2) is 23.3 Å². The van der Waals surface area contributed by atoms with E-state index in [1.165, 1.54) is 0 Å². The van der Waals surface area contributed by atoms with Crippen molar-refractivity contribution >= 4 is 22.5 Å². The van der Waals surface area contributed by atoms with E-state index in [2.05, 4.69) is 4.98 Å². The highest BCUT2D eigenvalue weighted by Crippen LogP contribution is 2.27. The summed E-state index contributed by atoms with van der Waals surface area (Å²) in [5, 5.41) is 1.58. The molecule has 0 radical (unpaired) electrons. The lowest BCUT2D eigenvalue weighted by Crippen LogP contribution is -2.21. The predicted molar refractivity (Wildman–Crippen MR) is 115 cm³/mol.